The molecule has 0 spiro atoms. The van der Waals surface area contributed by atoms with Crippen molar-refractivity contribution in [3.63, 3.8) is 0 Å². The normalized spacial score (nSPS) is 10.8. The number of halogens is 6. The lowest BCUT2D eigenvalue weighted by molar-refractivity contribution is 0.411. The van der Waals surface area contributed by atoms with Gasteiger partial charge in [-0.3, -0.25) is 0 Å². The molecule has 0 atom stereocenters. The summed E-state index contributed by atoms with van der Waals surface area (Å²) in [5.74, 6) is -6.71. The van der Waals surface area contributed by atoms with Gasteiger partial charge in [-0.05, 0) is 40.5 Å². The van der Waals surface area contributed by atoms with Gasteiger partial charge in [-0.15, -0.1) is 0 Å². The molecule has 0 saturated carbocycles. The highest BCUT2D eigenvalue weighted by Gasteiger charge is 2.21. The first kappa shape index (κ1) is 15.1. The van der Waals surface area contributed by atoms with Gasteiger partial charge in [0.25, 0.3) is 11.9 Å². The molecule has 2 nitrogen and oxygen atoms in total. The zero-order valence-electron chi connectivity index (χ0n) is 9.87. The van der Waals surface area contributed by atoms with Crippen molar-refractivity contribution < 1.29 is 17.6 Å². The lowest BCUT2D eigenvalue weighted by atomic mass is 10.2. The van der Waals surface area contributed by atoms with Crippen LogP contribution in [0.5, 0.6) is 0 Å². The summed E-state index contributed by atoms with van der Waals surface area (Å²) in [6, 6.07) is 2.96. The molecule has 0 saturated heterocycles. The first-order chi connectivity index (χ1) is 9.31. The van der Waals surface area contributed by atoms with Gasteiger partial charge in [-0.25, -0.2) is 0 Å². The highest BCUT2D eigenvalue weighted by Crippen LogP contribution is 2.33. The Morgan fingerprint density at radius 1 is 1.10 bits per heavy atom. The van der Waals surface area contributed by atoms with Crippen LogP contribution in [0.25, 0.3) is 0 Å². The number of anilines is 2. The molecule has 1 N–H and O–H groups in total. The number of nitrogens with one attached hydrogen (secondary N) is 1. The molecule has 0 radical (unpaired) electrons. The molecule has 0 aliphatic rings. The zero-order chi connectivity index (χ0) is 15.0. The van der Waals surface area contributed by atoms with Gasteiger partial charge in [0.1, 0.15) is 5.69 Å². The molecule has 106 valence electrons. The third kappa shape index (κ3) is 2.73. The average Bonchev–Trinajstić information content (AvgIpc) is 2.38. The van der Waals surface area contributed by atoms with Gasteiger partial charge >= 0.3 is 0 Å². The minimum absolute atomic E-state index is 0.156. The van der Waals surface area contributed by atoms with Crippen LogP contribution in [0.1, 0.15) is 5.56 Å². The summed E-state index contributed by atoms with van der Waals surface area (Å²) in [7, 11) is 0. The van der Waals surface area contributed by atoms with Crippen LogP contribution in [-0.2, 0) is 0 Å². The Morgan fingerprint density at radius 2 is 1.65 bits per heavy atom. The fourth-order valence-corrected chi connectivity index (χ4v) is 2.19. The van der Waals surface area contributed by atoms with Crippen molar-refractivity contribution in [1.29, 1.82) is 0 Å². The Morgan fingerprint density at radius 3 is 2.20 bits per heavy atom. The van der Waals surface area contributed by atoms with Crippen LogP contribution in [-0.4, -0.2) is 4.98 Å². The largest absolute Gasteiger partial charge is 0.349 e. The molecule has 2 aromatic rings. The van der Waals surface area contributed by atoms with E-state index in [0.717, 1.165) is 5.56 Å². The summed E-state index contributed by atoms with van der Waals surface area (Å²) in [6.07, 6.45) is 0. The number of benzene rings is 1. The zero-order valence-corrected chi connectivity index (χ0v) is 12.2. The van der Waals surface area contributed by atoms with E-state index in [0.29, 0.717) is 9.50 Å². The van der Waals surface area contributed by atoms with E-state index in [-0.39, 0.29) is 5.69 Å². The van der Waals surface area contributed by atoms with Crippen molar-refractivity contribution in [1.82, 2.24) is 4.98 Å². The fourth-order valence-electron chi connectivity index (χ4n) is 1.47. The number of hydrogen-bond acceptors (Lipinski definition) is 2. The van der Waals surface area contributed by atoms with Gasteiger partial charge in [0.05, 0.1) is 5.69 Å². The van der Waals surface area contributed by atoms with Gasteiger partial charge in [0.2, 0.25) is 11.6 Å². The summed E-state index contributed by atoms with van der Waals surface area (Å²) in [4.78, 5) is 2.47. The van der Waals surface area contributed by atoms with Crippen molar-refractivity contribution in [2.24, 2.45) is 0 Å². The van der Waals surface area contributed by atoms with E-state index in [1.807, 2.05) is 0 Å². The molecule has 0 unspecified atom stereocenters. The molecule has 0 bridgehead atoms. The van der Waals surface area contributed by atoms with Crippen molar-refractivity contribution in [2.45, 2.75) is 6.92 Å². The second-order valence-corrected chi connectivity index (χ2v) is 5.16. The average molecular weight is 370 g/mol. The molecule has 2 rings (SSSR count). The molecule has 0 fully saturated rings. The minimum atomic E-state index is -1.74. The maximum absolute atomic E-state index is 13.5. The Bertz CT molecular complexity index is 668. The van der Waals surface area contributed by atoms with E-state index in [4.69, 9.17) is 11.6 Å². The number of nitrogens with zero attached hydrogens (tertiary/aromatic N) is 1. The van der Waals surface area contributed by atoms with E-state index in [1.54, 1.807) is 13.0 Å². The monoisotopic (exact) mass is 368 g/mol. The second kappa shape index (κ2) is 5.57. The van der Waals surface area contributed by atoms with E-state index >= 15 is 0 Å². The molecule has 20 heavy (non-hydrogen) atoms. The second-order valence-electron chi connectivity index (χ2n) is 3.90. The van der Waals surface area contributed by atoms with Gasteiger partial charge in [0, 0.05) is 9.50 Å². The number of rotatable bonds is 2. The minimum Gasteiger partial charge on any atom is -0.349 e. The third-order valence-electron chi connectivity index (χ3n) is 2.51. The number of hydrogen-bond donors (Lipinski definition) is 1. The molecular weight excluding hydrogens is 363 g/mol. The maximum atomic E-state index is 13.5. The lowest BCUT2D eigenvalue weighted by Gasteiger charge is -2.12. The number of aryl methyl sites for hydroxylation is 1. The van der Waals surface area contributed by atoms with Gasteiger partial charge < -0.3 is 5.32 Å². The summed E-state index contributed by atoms with van der Waals surface area (Å²) < 4.78 is 53.4. The van der Waals surface area contributed by atoms with Gasteiger partial charge in [-0.2, -0.15) is 22.5 Å². The molecule has 0 aliphatic heterocycles. The highest BCUT2D eigenvalue weighted by atomic mass is 79.9. The summed E-state index contributed by atoms with van der Waals surface area (Å²) in [5, 5.41) is 2.58. The Hall–Kier alpha value is -1.34. The predicted octanol–water partition coefficient (Wildman–Crippen LogP) is 5.11. The van der Waals surface area contributed by atoms with Gasteiger partial charge in [0.15, 0.2) is 0 Å². The van der Waals surface area contributed by atoms with Gasteiger partial charge in [-0.1, -0.05) is 11.6 Å². The van der Waals surface area contributed by atoms with Crippen molar-refractivity contribution >= 4 is 38.9 Å². The third-order valence-corrected chi connectivity index (χ3v) is 3.57. The standard InChI is InChI=1S/C12H6BrClF4N2/c1-4-2-5(13)7(3-6(4)14)19-10-8(15)11(17)20-12(18)9(10)16/h2-3H,1H3,(H,19,20). The molecular formula is C12H6BrClF4N2. The first-order valence-electron chi connectivity index (χ1n) is 5.24. The molecule has 1 aromatic carbocycles. The first-order valence-corrected chi connectivity index (χ1v) is 6.41. The Balaban J connectivity index is 2.53. The lowest BCUT2D eigenvalue weighted by Crippen LogP contribution is -2.06. The fraction of sp³-hybridized carbons (Fsp3) is 0.0833. The Kier molecular flexibility index (Phi) is 4.19. The molecule has 1 heterocycles. The van der Waals surface area contributed by atoms with Crippen LogP contribution in [0.15, 0.2) is 16.6 Å². The molecule has 0 amide bonds. The van der Waals surface area contributed by atoms with Crippen LogP contribution in [0.3, 0.4) is 0 Å². The maximum Gasteiger partial charge on any atom is 0.253 e. The topological polar surface area (TPSA) is 24.9 Å². The summed E-state index contributed by atoms with van der Waals surface area (Å²) >= 11 is 9.04. The molecule has 8 heteroatoms. The highest BCUT2D eigenvalue weighted by molar-refractivity contribution is 9.10. The predicted molar refractivity (Wildman–Crippen MR) is 71.2 cm³/mol. The van der Waals surface area contributed by atoms with Crippen LogP contribution in [0.2, 0.25) is 5.02 Å². The van der Waals surface area contributed by atoms with E-state index in [2.05, 4.69) is 26.2 Å². The van der Waals surface area contributed by atoms with E-state index < -0.39 is 29.2 Å². The van der Waals surface area contributed by atoms with Crippen molar-refractivity contribution in [3.8, 4) is 0 Å². The van der Waals surface area contributed by atoms with Crippen molar-refractivity contribution in [2.75, 3.05) is 5.32 Å². The van der Waals surface area contributed by atoms with E-state index in [1.165, 1.54) is 6.07 Å². The van der Waals surface area contributed by atoms with E-state index in [9.17, 15) is 17.6 Å². The number of aromatic nitrogens is 1. The van der Waals surface area contributed by atoms with Crippen LogP contribution >= 0.6 is 27.5 Å². The SMILES string of the molecule is Cc1cc(Br)c(Nc2c(F)c(F)nc(F)c2F)cc1Cl. The molecule has 0 aliphatic carbocycles. The van der Waals surface area contributed by atoms with Crippen LogP contribution < -0.4 is 5.32 Å². The quantitative estimate of drug-likeness (QED) is 0.588. The molecule has 1 aromatic heterocycles. The summed E-state index contributed by atoms with van der Waals surface area (Å²) in [6.45, 7) is 1.73. The van der Waals surface area contributed by atoms with Crippen LogP contribution in [0.4, 0.5) is 28.9 Å². The summed E-state index contributed by atoms with van der Waals surface area (Å²) in [5.41, 5.74) is -0.101. The van der Waals surface area contributed by atoms with Crippen molar-refractivity contribution in [3.05, 3.63) is 50.7 Å². The Labute approximate surface area is 124 Å². The number of pyridine rings is 1. The smallest absolute Gasteiger partial charge is 0.253 e. The van der Waals surface area contributed by atoms with Crippen LogP contribution in [0, 0.1) is 30.5 Å².